The Morgan fingerprint density at radius 3 is 0.592 bits per heavy atom. The Labute approximate surface area is 571 Å². The summed E-state index contributed by atoms with van der Waals surface area (Å²) >= 11 is 0. The first-order chi connectivity index (χ1) is 42.4. The van der Waals surface area contributed by atoms with E-state index in [4.69, 9.17) is 0 Å². The van der Waals surface area contributed by atoms with Crippen LogP contribution >= 0.6 is 0 Å². The fourth-order valence-electron chi connectivity index (χ4n) is 3.20. The Morgan fingerprint density at radius 2 is 0.510 bits per heavy atom. The maximum atomic E-state index is 11.7. The number of hydrogen-bond donors (Lipinski definition) is 0. The van der Waals surface area contributed by atoms with Gasteiger partial charge in [-0.05, 0) is 80.5 Å². The molecule has 0 aromatic heterocycles. The minimum Gasteiger partial charge on any atom is -0.171 e. The van der Waals surface area contributed by atoms with Gasteiger partial charge in [-0.3, -0.25) is 0 Å². The van der Waals surface area contributed by atoms with E-state index >= 15 is 0 Å². The van der Waals surface area contributed by atoms with Crippen LogP contribution in [0.25, 0.3) is 0 Å². The fourth-order valence-corrected chi connectivity index (χ4v) is 3.20. The summed E-state index contributed by atoms with van der Waals surface area (Å²) in [7, 11) is 0. The molecule has 1 unspecified atom stereocenters. The molecule has 0 aromatic carbocycles. The summed E-state index contributed by atoms with van der Waals surface area (Å²) in [5.74, 6) is -3.82. The van der Waals surface area contributed by atoms with E-state index in [1.165, 1.54) is 59.8 Å². The molecule has 0 amide bonds. The third-order valence-electron chi connectivity index (χ3n) is 14.2. The molecule has 0 aliphatic heterocycles. The van der Waals surface area contributed by atoms with Crippen molar-refractivity contribution in [2.45, 2.75) is 372 Å². The van der Waals surface area contributed by atoms with Crippen molar-refractivity contribution >= 4 is 0 Å². The zero-order valence-corrected chi connectivity index (χ0v) is 64.3. The molecule has 612 valence electrons. The summed E-state index contributed by atoms with van der Waals surface area (Å²) in [4.78, 5) is 0. The average Bonchev–Trinajstić information content (AvgIpc) is 0.799. The van der Waals surface area contributed by atoms with Crippen molar-refractivity contribution in [1.82, 2.24) is 0 Å². The van der Waals surface area contributed by atoms with Gasteiger partial charge in [0, 0.05) is 12.8 Å². The zero-order valence-electron chi connectivity index (χ0n) is 64.3. The first-order valence-corrected chi connectivity index (χ1v) is 33.1. The molecular formula is C68H130F30. The third kappa shape index (κ3) is 98.1. The van der Waals surface area contributed by atoms with E-state index in [2.05, 4.69) is 125 Å². The molecule has 0 spiro atoms. The molecule has 0 N–H and O–H groups in total. The zero-order chi connectivity index (χ0) is 82.9. The van der Waals surface area contributed by atoms with Crippen molar-refractivity contribution in [2.75, 3.05) is 0 Å². The van der Waals surface area contributed by atoms with Gasteiger partial charge in [0.05, 0.1) is 23.2 Å². The van der Waals surface area contributed by atoms with Crippen molar-refractivity contribution in [3.8, 4) is 0 Å². The topological polar surface area (TPSA) is 0 Å². The van der Waals surface area contributed by atoms with Crippen molar-refractivity contribution in [1.29, 1.82) is 0 Å². The Morgan fingerprint density at radius 1 is 0.265 bits per heavy atom. The highest BCUT2D eigenvalue weighted by Crippen LogP contribution is 2.49. The van der Waals surface area contributed by atoms with Gasteiger partial charge in [-0.25, -0.2) is 0 Å². The molecule has 0 aromatic rings. The first kappa shape index (κ1) is 123. The van der Waals surface area contributed by atoms with Gasteiger partial charge >= 0.3 is 61.8 Å². The van der Waals surface area contributed by atoms with E-state index < -0.39 is 122 Å². The van der Waals surface area contributed by atoms with Gasteiger partial charge in [0.2, 0.25) is 0 Å². The predicted molar refractivity (Wildman–Crippen MR) is 342 cm³/mol. The lowest BCUT2D eigenvalue weighted by Gasteiger charge is -2.29. The van der Waals surface area contributed by atoms with E-state index in [9.17, 15) is 132 Å². The SMILES string of the molecule is CC(C)(C(F)(F)F)C(F)(F)F.CC(C)(C)C(F)(F)F.CC(C)C(C)C.CCC(C)(C)C.CCC(C)(C)C.CCC(C)C.CCC(C)C(F)(F)F.CCC(C)CC.CCCC(C(F)(F)F)C(F)(F)F.CCCCCC(F)(F)F.CCC[C@H](C)C(F)(F)F.C[C@@H](CCC(F)(F)F)C(F)(F)F. The third-order valence-corrected chi connectivity index (χ3v) is 14.2. The van der Waals surface area contributed by atoms with Gasteiger partial charge in [-0.2, -0.15) is 132 Å². The number of unbranched alkanes of at least 4 members (excludes halogenated alkanes) is 2. The van der Waals surface area contributed by atoms with Gasteiger partial charge in [0.15, 0.2) is 11.3 Å². The summed E-state index contributed by atoms with van der Waals surface area (Å²) in [6, 6.07) is 0. The average molecular weight is 1520 g/mol. The summed E-state index contributed by atoms with van der Waals surface area (Å²) in [6.07, 6.45) is -40.5. The van der Waals surface area contributed by atoms with E-state index in [0.29, 0.717) is 23.7 Å². The molecule has 3 atom stereocenters. The van der Waals surface area contributed by atoms with Crippen LogP contribution < -0.4 is 0 Å². The van der Waals surface area contributed by atoms with Crippen LogP contribution in [0.2, 0.25) is 0 Å². The van der Waals surface area contributed by atoms with E-state index in [0.717, 1.165) is 57.8 Å². The molecule has 0 radical (unpaired) electrons. The lowest BCUT2D eigenvalue weighted by atomic mass is 9.92. The van der Waals surface area contributed by atoms with E-state index in [1.807, 2.05) is 6.92 Å². The van der Waals surface area contributed by atoms with Crippen LogP contribution in [-0.4, -0.2) is 61.8 Å². The van der Waals surface area contributed by atoms with Crippen LogP contribution in [0.1, 0.15) is 310 Å². The Bertz CT molecular complexity index is 1610. The van der Waals surface area contributed by atoms with Gasteiger partial charge < -0.3 is 0 Å². The number of rotatable bonds is 14. The summed E-state index contributed by atoms with van der Waals surface area (Å²) in [5, 5.41) is 0. The highest BCUT2D eigenvalue weighted by atomic mass is 19.5. The fraction of sp³-hybridized carbons (Fsp3) is 1.00. The molecule has 98 heavy (non-hydrogen) atoms. The number of alkyl halides is 30. The molecule has 0 rings (SSSR count). The summed E-state index contributed by atoms with van der Waals surface area (Å²) in [5.41, 5.74) is -4.10. The standard InChI is InChI=1S/2C6H8F6.2C6H11F3.4C6H14.C5H6F6.2C5H9F3.C5H12/c1-4(6(10,11)12)2-3-5(7,8)9;1-2-3-4(5(7,8)9)6(10,11)12;1-3-4-5(2)6(7,8)9;1-2-3-4-5-6(7,8)9;2*1-5-6(2,3)4;1-5(2)6(3)4;1-4-6(3)5-2;1-3(2,4(6,7)8)5(9,10)11;1-4(2,3)5(6,7)8;1-3-4(2)5(6,7)8;1-4-5(2)3/h2*4H,2-3H2,1H3;5H,3-4H2,1-2H3;2-5H2,1H3;2*5H2,1-4H3;5-6H,1-4H3;6H,4-5H2,1-3H3;1-2H3;1-3H3;4H,3H2,1-2H3;5H,4H2,1-3H3/t4-;;5-;;;;;;;;;/m0.0........./s1. The number of halogens is 30. The molecule has 0 bridgehead atoms. The van der Waals surface area contributed by atoms with Gasteiger partial charge in [0.25, 0.3) is 0 Å². The monoisotopic (exact) mass is 1520 g/mol. The second-order valence-electron chi connectivity index (χ2n) is 28.6. The first-order valence-electron chi connectivity index (χ1n) is 33.1. The van der Waals surface area contributed by atoms with Crippen molar-refractivity contribution in [3.05, 3.63) is 0 Å². The van der Waals surface area contributed by atoms with Gasteiger partial charge in [-0.1, -0.05) is 252 Å². The van der Waals surface area contributed by atoms with Crippen LogP contribution in [0.4, 0.5) is 132 Å². The van der Waals surface area contributed by atoms with Crippen LogP contribution in [0, 0.1) is 69.0 Å². The summed E-state index contributed by atoms with van der Waals surface area (Å²) < 4.78 is 347. The van der Waals surface area contributed by atoms with Crippen LogP contribution in [0.5, 0.6) is 0 Å². The predicted octanol–water partition coefficient (Wildman–Crippen LogP) is 33.2. The Balaban J connectivity index is -0.0000000831. The minimum atomic E-state index is -5.24. The molecule has 0 aliphatic rings. The quantitative estimate of drug-likeness (QED) is 0.120. The van der Waals surface area contributed by atoms with Crippen molar-refractivity contribution in [3.63, 3.8) is 0 Å². The van der Waals surface area contributed by atoms with Gasteiger partial charge in [0.1, 0.15) is 0 Å². The molecule has 0 fully saturated rings. The molecule has 0 heterocycles. The second-order valence-corrected chi connectivity index (χ2v) is 28.6. The maximum absolute atomic E-state index is 11.7. The largest absolute Gasteiger partial charge is 0.402 e. The Kier molecular flexibility index (Phi) is 70.5. The lowest BCUT2D eigenvalue weighted by molar-refractivity contribution is -0.327. The van der Waals surface area contributed by atoms with Crippen molar-refractivity contribution in [2.24, 2.45) is 69.0 Å². The lowest BCUT2D eigenvalue weighted by Crippen LogP contribution is -2.44. The normalized spacial score (nSPS) is 13.7. The van der Waals surface area contributed by atoms with Gasteiger partial charge in [-0.15, -0.1) is 0 Å². The minimum absolute atomic E-state index is 0.104. The second kappa shape index (κ2) is 56.3. The highest BCUT2D eigenvalue weighted by molar-refractivity contribution is 4.84. The van der Waals surface area contributed by atoms with E-state index in [-0.39, 0.29) is 39.5 Å². The molecule has 0 saturated carbocycles. The number of hydrogen-bond acceptors (Lipinski definition) is 0. The maximum Gasteiger partial charge on any atom is 0.402 e. The molecule has 0 nitrogen and oxygen atoms in total. The van der Waals surface area contributed by atoms with Crippen LogP contribution in [0.3, 0.4) is 0 Å². The van der Waals surface area contributed by atoms with Crippen molar-refractivity contribution < 1.29 is 132 Å². The van der Waals surface area contributed by atoms with E-state index in [1.54, 1.807) is 6.92 Å². The van der Waals surface area contributed by atoms with Crippen LogP contribution in [-0.2, 0) is 0 Å². The van der Waals surface area contributed by atoms with Crippen LogP contribution in [0.15, 0.2) is 0 Å². The molecular weight excluding hydrogens is 1390 g/mol. The smallest absolute Gasteiger partial charge is 0.171 e. The highest BCUT2D eigenvalue weighted by Gasteiger charge is 2.64. The Hall–Kier alpha value is -2.10. The molecule has 0 aliphatic carbocycles. The molecule has 30 heteroatoms. The molecule has 0 saturated heterocycles. The summed E-state index contributed by atoms with van der Waals surface area (Å²) in [6.45, 7) is 53.4.